The Hall–Kier alpha value is -3.35. The summed E-state index contributed by atoms with van der Waals surface area (Å²) in [5, 5.41) is 25.0. The Labute approximate surface area is 138 Å². The summed E-state index contributed by atoms with van der Waals surface area (Å²) in [5.41, 5.74) is 5.10. The van der Waals surface area contributed by atoms with Gasteiger partial charge in [-0.25, -0.2) is 0 Å². The third-order valence-corrected chi connectivity index (χ3v) is 3.78. The number of fused-ring (bicyclic) bond motifs is 1. The molecule has 0 fully saturated rings. The second-order valence-corrected chi connectivity index (χ2v) is 5.40. The summed E-state index contributed by atoms with van der Waals surface area (Å²) in [6.45, 7) is 3.74. The minimum absolute atomic E-state index is 0.0210. The second kappa shape index (κ2) is 6.41. The van der Waals surface area contributed by atoms with E-state index >= 15 is 0 Å². The Morgan fingerprint density at radius 1 is 1.21 bits per heavy atom. The maximum Gasteiger partial charge on any atom is 0.278 e. The SMILES string of the molecule is Cc1cc(/C=N/Nc2nncc3ccccc23)c([N+](=O)[O-])cc1C. The summed E-state index contributed by atoms with van der Waals surface area (Å²) in [6, 6.07) is 10.9. The Morgan fingerprint density at radius 3 is 2.75 bits per heavy atom. The van der Waals surface area contributed by atoms with Crippen LogP contribution in [0.4, 0.5) is 11.5 Å². The fourth-order valence-electron chi connectivity index (χ4n) is 2.36. The number of hydrogen-bond acceptors (Lipinski definition) is 6. The molecule has 1 N–H and O–H groups in total. The molecule has 0 aliphatic rings. The first-order valence-electron chi connectivity index (χ1n) is 7.31. The summed E-state index contributed by atoms with van der Waals surface area (Å²) in [5.74, 6) is 0.496. The van der Waals surface area contributed by atoms with Crippen LogP contribution in [0.5, 0.6) is 0 Å². The first kappa shape index (κ1) is 15.5. The molecule has 2 aromatic carbocycles. The molecule has 7 nitrogen and oxygen atoms in total. The molecule has 0 saturated heterocycles. The van der Waals surface area contributed by atoms with Crippen molar-refractivity contribution in [2.45, 2.75) is 13.8 Å². The van der Waals surface area contributed by atoms with E-state index in [-0.39, 0.29) is 5.69 Å². The van der Waals surface area contributed by atoms with Gasteiger partial charge in [0.15, 0.2) is 5.82 Å². The van der Waals surface area contributed by atoms with Gasteiger partial charge in [-0.1, -0.05) is 24.3 Å². The van der Waals surface area contributed by atoms with Crippen LogP contribution in [0, 0.1) is 24.0 Å². The number of nitro benzene ring substituents is 1. The molecule has 1 heterocycles. The van der Waals surface area contributed by atoms with Gasteiger partial charge in [0, 0.05) is 16.8 Å². The van der Waals surface area contributed by atoms with Crippen LogP contribution in [-0.4, -0.2) is 21.3 Å². The highest BCUT2D eigenvalue weighted by atomic mass is 16.6. The molecule has 24 heavy (non-hydrogen) atoms. The smallest absolute Gasteiger partial charge is 0.259 e. The fraction of sp³-hybridized carbons (Fsp3) is 0.118. The quantitative estimate of drug-likeness (QED) is 0.450. The Balaban J connectivity index is 1.92. The van der Waals surface area contributed by atoms with Crippen molar-refractivity contribution in [1.29, 1.82) is 0 Å². The first-order chi connectivity index (χ1) is 11.6. The number of nitrogens with zero attached hydrogens (tertiary/aromatic N) is 4. The van der Waals surface area contributed by atoms with Crippen molar-refractivity contribution in [2.24, 2.45) is 5.10 Å². The van der Waals surface area contributed by atoms with Gasteiger partial charge >= 0.3 is 0 Å². The van der Waals surface area contributed by atoms with Crippen LogP contribution < -0.4 is 5.43 Å². The van der Waals surface area contributed by atoms with Crippen LogP contribution in [-0.2, 0) is 0 Å². The maximum atomic E-state index is 11.2. The summed E-state index contributed by atoms with van der Waals surface area (Å²) < 4.78 is 0. The molecule has 0 bridgehead atoms. The Kier molecular flexibility index (Phi) is 4.15. The molecule has 0 aliphatic heterocycles. The molecule has 0 spiro atoms. The molecule has 0 saturated carbocycles. The van der Waals surface area contributed by atoms with E-state index in [0.717, 1.165) is 21.9 Å². The molecule has 3 rings (SSSR count). The highest BCUT2D eigenvalue weighted by Gasteiger charge is 2.13. The average molecular weight is 321 g/mol. The standard InChI is InChI=1S/C17H15N5O2/c1-11-7-14(16(22(23)24)8-12(11)2)10-19-21-17-15-6-4-3-5-13(15)9-18-20-17/h3-10H,1-2H3,(H,20,21)/b19-10+. The number of anilines is 1. The van der Waals surface area contributed by atoms with E-state index in [2.05, 4.69) is 20.7 Å². The summed E-state index contributed by atoms with van der Waals surface area (Å²) in [7, 11) is 0. The molecule has 3 aromatic rings. The van der Waals surface area contributed by atoms with E-state index < -0.39 is 4.92 Å². The van der Waals surface area contributed by atoms with Crippen LogP contribution in [0.25, 0.3) is 10.8 Å². The summed E-state index contributed by atoms with van der Waals surface area (Å²) in [6.07, 6.45) is 3.09. The van der Waals surface area contributed by atoms with E-state index in [1.165, 1.54) is 6.21 Å². The predicted octanol–water partition coefficient (Wildman–Crippen LogP) is 3.60. The molecule has 0 radical (unpaired) electrons. The topological polar surface area (TPSA) is 93.3 Å². The van der Waals surface area contributed by atoms with Crippen molar-refractivity contribution in [1.82, 2.24) is 10.2 Å². The van der Waals surface area contributed by atoms with Gasteiger partial charge in [0.25, 0.3) is 5.69 Å². The molecule has 1 aromatic heterocycles. The van der Waals surface area contributed by atoms with Gasteiger partial charge in [-0.3, -0.25) is 15.5 Å². The monoisotopic (exact) mass is 321 g/mol. The van der Waals surface area contributed by atoms with E-state index in [0.29, 0.717) is 11.4 Å². The third kappa shape index (κ3) is 3.05. The van der Waals surface area contributed by atoms with Gasteiger partial charge in [-0.05, 0) is 31.0 Å². The Bertz CT molecular complexity index is 948. The summed E-state index contributed by atoms with van der Waals surface area (Å²) >= 11 is 0. The van der Waals surface area contributed by atoms with Gasteiger partial charge in [0.05, 0.1) is 22.9 Å². The van der Waals surface area contributed by atoms with Crippen LogP contribution in [0.3, 0.4) is 0 Å². The first-order valence-corrected chi connectivity index (χ1v) is 7.31. The lowest BCUT2D eigenvalue weighted by Gasteiger charge is -2.04. The van der Waals surface area contributed by atoms with Gasteiger partial charge < -0.3 is 0 Å². The van der Waals surface area contributed by atoms with Gasteiger partial charge in [0.2, 0.25) is 0 Å². The van der Waals surface area contributed by atoms with E-state index in [1.54, 1.807) is 18.3 Å². The van der Waals surface area contributed by atoms with Crippen molar-refractivity contribution in [3.05, 3.63) is 69.4 Å². The fourth-order valence-corrected chi connectivity index (χ4v) is 2.36. The second-order valence-electron chi connectivity index (χ2n) is 5.40. The Morgan fingerprint density at radius 2 is 1.96 bits per heavy atom. The third-order valence-electron chi connectivity index (χ3n) is 3.78. The number of hydrogen-bond donors (Lipinski definition) is 1. The molecule has 0 amide bonds. The predicted molar refractivity (Wildman–Crippen MR) is 93.3 cm³/mol. The van der Waals surface area contributed by atoms with Crippen molar-refractivity contribution in [2.75, 3.05) is 5.43 Å². The van der Waals surface area contributed by atoms with Gasteiger partial charge in [-0.15, -0.1) is 5.10 Å². The number of hydrazone groups is 1. The molecular formula is C17H15N5O2. The van der Waals surface area contributed by atoms with Gasteiger partial charge in [-0.2, -0.15) is 10.2 Å². The molecular weight excluding hydrogens is 306 g/mol. The molecule has 0 atom stereocenters. The lowest BCUT2D eigenvalue weighted by Crippen LogP contribution is -2.00. The molecule has 0 unspecified atom stereocenters. The van der Waals surface area contributed by atoms with E-state index in [9.17, 15) is 10.1 Å². The lowest BCUT2D eigenvalue weighted by atomic mass is 10.0. The number of nitro groups is 1. The van der Waals surface area contributed by atoms with Gasteiger partial charge in [0.1, 0.15) is 0 Å². The minimum Gasteiger partial charge on any atom is -0.259 e. The lowest BCUT2D eigenvalue weighted by molar-refractivity contribution is -0.385. The maximum absolute atomic E-state index is 11.2. The number of aromatic nitrogens is 2. The normalized spacial score (nSPS) is 11.1. The van der Waals surface area contributed by atoms with Crippen LogP contribution in [0.1, 0.15) is 16.7 Å². The van der Waals surface area contributed by atoms with E-state index in [1.807, 2.05) is 38.1 Å². The minimum atomic E-state index is -0.411. The number of benzene rings is 2. The average Bonchev–Trinajstić information content (AvgIpc) is 2.57. The zero-order valence-electron chi connectivity index (χ0n) is 13.2. The summed E-state index contributed by atoms with van der Waals surface area (Å²) in [4.78, 5) is 10.8. The zero-order chi connectivity index (χ0) is 17.1. The molecule has 7 heteroatoms. The van der Waals surface area contributed by atoms with Crippen molar-refractivity contribution in [3.8, 4) is 0 Å². The van der Waals surface area contributed by atoms with Crippen LogP contribution in [0.2, 0.25) is 0 Å². The number of rotatable bonds is 4. The number of nitrogens with one attached hydrogen (secondary N) is 1. The van der Waals surface area contributed by atoms with Crippen molar-refractivity contribution >= 4 is 28.5 Å². The largest absolute Gasteiger partial charge is 0.278 e. The van der Waals surface area contributed by atoms with Crippen LogP contribution in [0.15, 0.2) is 47.7 Å². The van der Waals surface area contributed by atoms with Crippen LogP contribution >= 0.6 is 0 Å². The van der Waals surface area contributed by atoms with E-state index in [4.69, 9.17) is 0 Å². The van der Waals surface area contributed by atoms with Crippen molar-refractivity contribution in [3.63, 3.8) is 0 Å². The zero-order valence-corrected chi connectivity index (χ0v) is 13.2. The highest BCUT2D eigenvalue weighted by Crippen LogP contribution is 2.22. The molecule has 0 aliphatic carbocycles. The molecule has 120 valence electrons. The number of aryl methyl sites for hydroxylation is 2. The highest BCUT2D eigenvalue weighted by molar-refractivity contribution is 5.92. The van der Waals surface area contributed by atoms with Crippen molar-refractivity contribution < 1.29 is 4.92 Å².